The molecule has 9 heteroatoms. The number of esters is 1. The molecule has 1 heterocycles. The van der Waals surface area contributed by atoms with E-state index in [2.05, 4.69) is 21.2 Å². The molecule has 0 aliphatic heterocycles. The van der Waals surface area contributed by atoms with Gasteiger partial charge in [-0.25, -0.2) is 4.39 Å². The first-order valence-corrected chi connectivity index (χ1v) is 16.8. The number of unbranched alkanes of at least 4 members (excludes halogenated alkanes) is 1. The number of alkyl halides is 1. The average molecular weight is 694 g/mol. The summed E-state index contributed by atoms with van der Waals surface area (Å²) >= 11 is 3.34. The summed E-state index contributed by atoms with van der Waals surface area (Å²) in [7, 11) is 0. The van der Waals surface area contributed by atoms with Gasteiger partial charge in [-0.2, -0.15) is 0 Å². The molecule has 3 aromatic carbocycles. The average Bonchev–Trinajstić information content (AvgIpc) is 3.39. The van der Waals surface area contributed by atoms with E-state index in [-0.39, 0.29) is 36.9 Å². The van der Waals surface area contributed by atoms with E-state index in [1.54, 1.807) is 12.1 Å². The number of halogens is 2. The Balaban J connectivity index is 1.71. The number of hydrogen-bond donors (Lipinski definition) is 3. The van der Waals surface area contributed by atoms with Crippen molar-refractivity contribution in [2.24, 2.45) is 0 Å². The number of anilines is 1. The van der Waals surface area contributed by atoms with Crippen LogP contribution in [0.5, 0.6) is 0 Å². The maximum Gasteiger partial charge on any atom is 0.308 e. The van der Waals surface area contributed by atoms with Crippen molar-refractivity contribution in [1.82, 2.24) is 4.57 Å². The highest BCUT2D eigenvalue weighted by Crippen LogP contribution is 2.42. The Hall–Kier alpha value is -3.79. The number of aromatic nitrogens is 1. The third-order valence-electron chi connectivity index (χ3n) is 7.71. The highest BCUT2D eigenvalue weighted by atomic mass is 79.9. The third kappa shape index (κ3) is 9.37. The minimum absolute atomic E-state index is 0.00639. The fraction of sp³-hybridized carbons (Fsp3) is 0.351. The summed E-state index contributed by atoms with van der Waals surface area (Å²) in [6.45, 7) is 4.63. The van der Waals surface area contributed by atoms with Gasteiger partial charge in [0.25, 0.3) is 5.91 Å². The molecule has 0 aliphatic carbocycles. The molecule has 0 radical (unpaired) electrons. The summed E-state index contributed by atoms with van der Waals surface area (Å²) in [5.41, 5.74) is 4.91. The number of rotatable bonds is 16. The Morgan fingerprint density at radius 1 is 0.891 bits per heavy atom. The molecule has 3 N–H and O–H groups in total. The fourth-order valence-electron chi connectivity index (χ4n) is 5.64. The third-order valence-corrected chi connectivity index (χ3v) is 8.27. The zero-order chi connectivity index (χ0) is 33.1. The lowest BCUT2D eigenvalue weighted by Gasteiger charge is -2.20. The van der Waals surface area contributed by atoms with Crippen LogP contribution in [-0.2, 0) is 16.1 Å². The van der Waals surface area contributed by atoms with Crippen LogP contribution in [0.1, 0.15) is 67.9 Å². The minimum atomic E-state index is -1.06. The van der Waals surface area contributed by atoms with E-state index in [0.717, 1.165) is 40.7 Å². The molecule has 244 valence electrons. The first-order chi connectivity index (χ1) is 22.2. The van der Waals surface area contributed by atoms with Crippen LogP contribution in [0.25, 0.3) is 22.4 Å². The summed E-state index contributed by atoms with van der Waals surface area (Å²) in [4.78, 5) is 26.3. The topological polar surface area (TPSA) is 101 Å². The number of para-hydroxylation sites is 1. The Kier molecular flexibility index (Phi) is 13.1. The Bertz CT molecular complexity index is 1560. The van der Waals surface area contributed by atoms with Crippen LogP contribution in [0.2, 0.25) is 0 Å². The van der Waals surface area contributed by atoms with Gasteiger partial charge in [-0.15, -0.1) is 0 Å². The van der Waals surface area contributed by atoms with Gasteiger partial charge < -0.3 is 24.8 Å². The molecule has 1 amide bonds. The molecule has 0 spiro atoms. The van der Waals surface area contributed by atoms with Crippen LogP contribution < -0.4 is 5.32 Å². The summed E-state index contributed by atoms with van der Waals surface area (Å²) in [5.74, 6) is -1.25. The zero-order valence-electron chi connectivity index (χ0n) is 26.3. The summed E-state index contributed by atoms with van der Waals surface area (Å²) < 4.78 is 21.3. The van der Waals surface area contributed by atoms with Crippen molar-refractivity contribution in [1.29, 1.82) is 0 Å². The molecule has 2 atom stereocenters. The summed E-state index contributed by atoms with van der Waals surface area (Å²) in [6.07, 6.45) is -0.333. The molecule has 4 rings (SSSR count). The number of benzene rings is 3. The van der Waals surface area contributed by atoms with Gasteiger partial charge in [-0.05, 0) is 79.1 Å². The predicted molar refractivity (Wildman–Crippen MR) is 184 cm³/mol. The molecule has 46 heavy (non-hydrogen) atoms. The molecule has 0 unspecified atom stereocenters. The first-order valence-electron chi connectivity index (χ1n) is 15.7. The van der Waals surface area contributed by atoms with E-state index in [1.165, 1.54) is 12.1 Å². The summed E-state index contributed by atoms with van der Waals surface area (Å²) in [5, 5.41) is 25.4. The van der Waals surface area contributed by atoms with Gasteiger partial charge in [0.1, 0.15) is 5.82 Å². The van der Waals surface area contributed by atoms with E-state index in [4.69, 9.17) is 4.74 Å². The number of hydrogen-bond acceptors (Lipinski definition) is 5. The number of ether oxygens (including phenoxy) is 1. The van der Waals surface area contributed by atoms with Crippen molar-refractivity contribution >= 4 is 33.5 Å². The van der Waals surface area contributed by atoms with Gasteiger partial charge in [0.05, 0.1) is 36.5 Å². The number of carbonyl (C=O) groups excluding carboxylic acids is 2. The highest BCUT2D eigenvalue weighted by molar-refractivity contribution is 9.09. The van der Waals surface area contributed by atoms with E-state index in [0.29, 0.717) is 30.0 Å². The lowest BCUT2D eigenvalue weighted by Crippen LogP contribution is -2.23. The fourth-order valence-corrected chi connectivity index (χ4v) is 6.03. The van der Waals surface area contributed by atoms with Crippen LogP contribution in [0, 0.1) is 5.82 Å². The molecule has 0 aliphatic rings. The van der Waals surface area contributed by atoms with Crippen molar-refractivity contribution < 1.29 is 28.9 Å². The van der Waals surface area contributed by atoms with Crippen molar-refractivity contribution in [3.63, 3.8) is 0 Å². The summed E-state index contributed by atoms with van der Waals surface area (Å²) in [6, 6.07) is 25.0. The number of nitrogens with zero attached hydrogens (tertiary/aromatic N) is 1. The maximum absolute atomic E-state index is 14.2. The maximum atomic E-state index is 14.2. The Morgan fingerprint density at radius 2 is 1.54 bits per heavy atom. The number of carbonyl (C=O) groups is 2. The predicted octanol–water partition coefficient (Wildman–Crippen LogP) is 7.95. The standard InChI is InChI=1S/C37H42BrFN2O5/c1-25(2)35-34(37(45)40-29-13-7-4-8-14-29)33(26-11-5-3-6-12-26)36(27-15-17-28(39)18-16-27)41(35)21-19-30(42)23-31(43)24-32(44)46-22-10-9-20-38/h3-8,11-18,25,30-31,42-43H,9-10,19-24H2,1-2H3,(H,40,45)/t30-,31-/m1/s1. The van der Waals surface area contributed by atoms with Crippen LogP contribution >= 0.6 is 15.9 Å². The van der Waals surface area contributed by atoms with E-state index >= 15 is 0 Å². The van der Waals surface area contributed by atoms with Crippen molar-refractivity contribution in [3.8, 4) is 22.4 Å². The van der Waals surface area contributed by atoms with Crippen LogP contribution in [0.3, 0.4) is 0 Å². The monoisotopic (exact) mass is 692 g/mol. The molecule has 0 fully saturated rings. The van der Waals surface area contributed by atoms with Gasteiger partial charge >= 0.3 is 5.97 Å². The largest absolute Gasteiger partial charge is 0.466 e. The molecule has 1 aromatic heterocycles. The Morgan fingerprint density at radius 3 is 2.17 bits per heavy atom. The van der Waals surface area contributed by atoms with Gasteiger partial charge in [-0.3, -0.25) is 9.59 Å². The SMILES string of the molecule is CC(C)c1c(C(=O)Nc2ccccc2)c(-c2ccccc2)c(-c2ccc(F)cc2)n1CC[C@@H](O)C[C@@H](O)CC(=O)OCCCCBr. The van der Waals surface area contributed by atoms with Gasteiger partial charge in [-0.1, -0.05) is 78.3 Å². The molecule has 0 saturated heterocycles. The molecule has 7 nitrogen and oxygen atoms in total. The second kappa shape index (κ2) is 17.2. The quantitative estimate of drug-likeness (QED) is 0.0629. The van der Waals surface area contributed by atoms with E-state index in [1.807, 2.05) is 79.1 Å². The first kappa shape index (κ1) is 35.1. The molecule has 0 bridgehead atoms. The number of amides is 1. The zero-order valence-corrected chi connectivity index (χ0v) is 27.9. The smallest absolute Gasteiger partial charge is 0.308 e. The molecular weight excluding hydrogens is 651 g/mol. The van der Waals surface area contributed by atoms with Crippen molar-refractivity contribution in [2.75, 3.05) is 17.3 Å². The molecule has 0 saturated carbocycles. The lowest BCUT2D eigenvalue weighted by molar-refractivity contribution is -0.146. The highest BCUT2D eigenvalue weighted by Gasteiger charge is 2.31. The molecular formula is C37H42BrFN2O5. The van der Waals surface area contributed by atoms with Crippen molar-refractivity contribution in [3.05, 3.63) is 102 Å². The Labute approximate surface area is 278 Å². The van der Waals surface area contributed by atoms with Crippen LogP contribution in [0.15, 0.2) is 84.9 Å². The van der Waals surface area contributed by atoms with E-state index < -0.39 is 18.2 Å². The second-order valence-corrected chi connectivity index (χ2v) is 12.4. The normalized spacial score (nSPS) is 12.6. The van der Waals surface area contributed by atoms with Gasteiger partial charge in [0, 0.05) is 28.8 Å². The lowest BCUT2D eigenvalue weighted by atomic mass is 9.94. The number of nitrogens with one attached hydrogen (secondary N) is 1. The number of aliphatic hydroxyl groups excluding tert-OH is 2. The van der Waals surface area contributed by atoms with E-state index in [9.17, 15) is 24.2 Å². The van der Waals surface area contributed by atoms with Crippen molar-refractivity contribution in [2.45, 2.75) is 70.6 Å². The molecule has 4 aromatic rings. The van der Waals surface area contributed by atoms with Gasteiger partial charge in [0.2, 0.25) is 0 Å². The minimum Gasteiger partial charge on any atom is -0.466 e. The van der Waals surface area contributed by atoms with Gasteiger partial charge in [0.15, 0.2) is 0 Å². The van der Waals surface area contributed by atoms with Crippen LogP contribution in [0.4, 0.5) is 10.1 Å². The van der Waals surface area contributed by atoms with Crippen LogP contribution in [-0.4, -0.2) is 50.8 Å². The number of aliphatic hydroxyl groups is 2. The second-order valence-electron chi connectivity index (χ2n) is 11.6.